The average molecular weight is 332 g/mol. The Morgan fingerprint density at radius 3 is 1.43 bits per heavy atom. The molecule has 0 saturated heterocycles. The summed E-state index contributed by atoms with van der Waals surface area (Å²) in [4.78, 5) is -0.0829. The molecule has 4 aromatic rings. The van der Waals surface area contributed by atoms with Crippen LogP contribution in [0.3, 0.4) is 0 Å². The van der Waals surface area contributed by atoms with Gasteiger partial charge in [-0.05, 0) is 44.5 Å². The van der Waals surface area contributed by atoms with Gasteiger partial charge in [0, 0.05) is 0 Å². The summed E-state index contributed by atoms with van der Waals surface area (Å²) < 4.78 is 32.2. The van der Waals surface area contributed by atoms with Gasteiger partial charge >= 0.3 is 29.6 Å². The molecule has 1 N–H and O–H groups in total. The normalized spacial score (nSPS) is 11.7. The van der Waals surface area contributed by atoms with Gasteiger partial charge in [0.05, 0.1) is 4.90 Å². The molecule has 0 aliphatic rings. The summed E-state index contributed by atoms with van der Waals surface area (Å²) in [6.45, 7) is 0. The molecule has 5 heteroatoms. The molecule has 23 heavy (non-hydrogen) atoms. The van der Waals surface area contributed by atoms with Crippen molar-refractivity contribution in [3.05, 3.63) is 66.7 Å². The van der Waals surface area contributed by atoms with Gasteiger partial charge < -0.3 is 0 Å². The van der Waals surface area contributed by atoms with E-state index in [1.165, 1.54) is 6.07 Å². The van der Waals surface area contributed by atoms with Crippen LogP contribution in [0.5, 0.6) is 0 Å². The molecular weight excluding hydrogens is 319 g/mol. The van der Waals surface area contributed by atoms with E-state index in [2.05, 4.69) is 6.07 Å². The molecule has 0 aliphatic carbocycles. The van der Waals surface area contributed by atoms with E-state index in [1.807, 2.05) is 42.5 Å². The Morgan fingerprint density at radius 1 is 0.609 bits per heavy atom. The van der Waals surface area contributed by atoms with E-state index < -0.39 is 10.1 Å². The second-order valence-electron chi connectivity index (χ2n) is 5.27. The van der Waals surface area contributed by atoms with E-state index in [0.717, 1.165) is 32.3 Å². The first-order valence-electron chi connectivity index (χ1n) is 6.86. The van der Waals surface area contributed by atoms with Crippen LogP contribution in [0, 0.1) is 0 Å². The van der Waals surface area contributed by atoms with E-state index in [0.29, 0.717) is 0 Å². The number of hydrogen-bond acceptors (Lipinski definition) is 2. The van der Waals surface area contributed by atoms with Gasteiger partial charge in [-0.25, -0.2) is 0 Å². The molecule has 0 fully saturated rings. The summed E-state index contributed by atoms with van der Waals surface area (Å²) in [6, 6.07) is 20.7. The third kappa shape index (κ3) is 2.67. The van der Waals surface area contributed by atoms with Crippen LogP contribution < -0.4 is 0 Å². The first kappa shape index (κ1) is 16.4. The van der Waals surface area contributed by atoms with E-state index in [4.69, 9.17) is 0 Å². The monoisotopic (exact) mass is 332 g/mol. The van der Waals surface area contributed by atoms with Crippen molar-refractivity contribution in [2.24, 2.45) is 0 Å². The number of fused-ring (bicyclic) bond motifs is 6. The molecule has 0 unspecified atom stereocenters. The molecular formula is C18H13NaO3S. The van der Waals surface area contributed by atoms with Crippen LogP contribution in [-0.4, -0.2) is 42.5 Å². The zero-order chi connectivity index (χ0) is 15.3. The Hall–Kier alpha value is -1.43. The van der Waals surface area contributed by atoms with Crippen LogP contribution in [0.2, 0.25) is 0 Å². The third-order valence-electron chi connectivity index (χ3n) is 4.01. The first-order valence-corrected chi connectivity index (χ1v) is 8.30. The van der Waals surface area contributed by atoms with Gasteiger partial charge in [0.25, 0.3) is 10.1 Å². The standard InChI is InChI=1S/C18H12O3S.Na.H/c19-22(20,21)12-9-10-17-15-7-2-1-5-13(15)14-6-3-4-8-16(14)18(17)11-12;;/h1-11H,(H,19,20,21);;. The number of rotatable bonds is 1. The van der Waals surface area contributed by atoms with Gasteiger partial charge in [0.15, 0.2) is 0 Å². The first-order chi connectivity index (χ1) is 10.6. The van der Waals surface area contributed by atoms with Crippen molar-refractivity contribution < 1.29 is 13.0 Å². The van der Waals surface area contributed by atoms with Crippen molar-refractivity contribution in [2.75, 3.05) is 0 Å². The summed E-state index contributed by atoms with van der Waals surface area (Å²) in [7, 11) is -4.22. The zero-order valence-corrected chi connectivity index (χ0v) is 12.3. The predicted octanol–water partition coefficient (Wildman–Crippen LogP) is 3.74. The minimum absolute atomic E-state index is 0. The van der Waals surface area contributed by atoms with Crippen molar-refractivity contribution in [2.45, 2.75) is 4.90 Å². The van der Waals surface area contributed by atoms with Gasteiger partial charge in [-0.2, -0.15) is 8.42 Å². The van der Waals surface area contributed by atoms with Gasteiger partial charge in [-0.3, -0.25) is 4.55 Å². The summed E-state index contributed by atoms with van der Waals surface area (Å²) in [6.07, 6.45) is 0. The second kappa shape index (κ2) is 5.89. The predicted molar refractivity (Wildman–Crippen MR) is 95.9 cm³/mol. The summed E-state index contributed by atoms with van der Waals surface area (Å²) in [5.41, 5.74) is 0. The van der Waals surface area contributed by atoms with Gasteiger partial charge in [0.2, 0.25) is 0 Å². The molecule has 0 amide bonds. The maximum atomic E-state index is 11.4. The molecule has 3 nitrogen and oxygen atoms in total. The zero-order valence-electron chi connectivity index (χ0n) is 11.5. The SMILES string of the molecule is O=S(=O)(O)c1ccc2c3ccccc3c3ccccc3c2c1.[NaH]. The number of hydrogen-bond donors (Lipinski definition) is 1. The Bertz CT molecular complexity index is 1120. The molecule has 0 aliphatic heterocycles. The Labute approximate surface area is 156 Å². The summed E-state index contributed by atoms with van der Waals surface area (Å²) in [5, 5.41) is 6.04. The summed E-state index contributed by atoms with van der Waals surface area (Å²) >= 11 is 0. The molecule has 0 spiro atoms. The molecule has 0 saturated carbocycles. The molecule has 0 radical (unpaired) electrons. The van der Waals surface area contributed by atoms with Gasteiger partial charge in [0.1, 0.15) is 0 Å². The molecule has 0 aromatic heterocycles. The minimum atomic E-state index is -4.22. The van der Waals surface area contributed by atoms with Crippen molar-refractivity contribution in [1.82, 2.24) is 0 Å². The van der Waals surface area contributed by atoms with E-state index >= 15 is 0 Å². The van der Waals surface area contributed by atoms with Crippen LogP contribution in [0.15, 0.2) is 71.6 Å². The van der Waals surface area contributed by atoms with Crippen molar-refractivity contribution in [3.8, 4) is 0 Å². The Balaban J connectivity index is 0.00000156. The third-order valence-corrected chi connectivity index (χ3v) is 4.86. The quantitative estimate of drug-likeness (QED) is 0.328. The van der Waals surface area contributed by atoms with E-state index in [1.54, 1.807) is 12.1 Å². The van der Waals surface area contributed by atoms with Crippen LogP contribution in [0.25, 0.3) is 32.3 Å². The molecule has 4 aromatic carbocycles. The maximum absolute atomic E-state index is 11.4. The molecule has 0 heterocycles. The van der Waals surface area contributed by atoms with Gasteiger partial charge in [-0.1, -0.05) is 54.6 Å². The molecule has 0 bridgehead atoms. The fourth-order valence-corrected chi connectivity index (χ4v) is 3.55. The van der Waals surface area contributed by atoms with Crippen LogP contribution >= 0.6 is 0 Å². The van der Waals surface area contributed by atoms with E-state index in [-0.39, 0.29) is 34.5 Å². The van der Waals surface area contributed by atoms with Crippen molar-refractivity contribution in [1.29, 1.82) is 0 Å². The fourth-order valence-electron chi connectivity index (χ4n) is 3.05. The van der Waals surface area contributed by atoms with Gasteiger partial charge in [-0.15, -0.1) is 0 Å². The topological polar surface area (TPSA) is 54.4 Å². The fraction of sp³-hybridized carbons (Fsp3) is 0. The van der Waals surface area contributed by atoms with Crippen LogP contribution in [0.1, 0.15) is 0 Å². The molecule has 110 valence electrons. The molecule has 4 rings (SSSR count). The van der Waals surface area contributed by atoms with Crippen LogP contribution in [-0.2, 0) is 10.1 Å². The number of benzene rings is 4. The Morgan fingerprint density at radius 2 is 1.00 bits per heavy atom. The second-order valence-corrected chi connectivity index (χ2v) is 6.70. The van der Waals surface area contributed by atoms with Crippen LogP contribution in [0.4, 0.5) is 0 Å². The molecule has 0 atom stereocenters. The van der Waals surface area contributed by atoms with E-state index in [9.17, 15) is 13.0 Å². The summed E-state index contributed by atoms with van der Waals surface area (Å²) in [5.74, 6) is 0. The van der Waals surface area contributed by atoms with Crippen molar-refractivity contribution in [3.63, 3.8) is 0 Å². The average Bonchev–Trinajstić information content (AvgIpc) is 2.54. The van der Waals surface area contributed by atoms with Crippen molar-refractivity contribution >= 4 is 72.0 Å². The Kier molecular flexibility index (Phi) is 4.21.